The summed E-state index contributed by atoms with van der Waals surface area (Å²) in [5.41, 5.74) is 1.76. The molecule has 2 heterocycles. The van der Waals surface area contributed by atoms with E-state index in [-0.39, 0.29) is 10.8 Å². The van der Waals surface area contributed by atoms with Gasteiger partial charge in [0.25, 0.3) is 15.9 Å². The van der Waals surface area contributed by atoms with E-state index >= 15 is 0 Å². The molecule has 2 aromatic heterocycles. The first-order chi connectivity index (χ1) is 13.3. The van der Waals surface area contributed by atoms with Crippen molar-refractivity contribution in [2.75, 3.05) is 18.9 Å². The Balaban J connectivity index is 2.01. The predicted molar refractivity (Wildman–Crippen MR) is 103 cm³/mol. The summed E-state index contributed by atoms with van der Waals surface area (Å²) >= 11 is 0. The minimum atomic E-state index is -3.89. The largest absolute Gasteiger partial charge is 0.497 e. The fraction of sp³-hybridized carbons (Fsp3) is 0.333. The van der Waals surface area contributed by atoms with Gasteiger partial charge in [0.05, 0.1) is 19.9 Å². The molecule has 3 rings (SSSR count). The first-order valence-corrected chi connectivity index (χ1v) is 10.0. The average molecular weight is 406 g/mol. The van der Waals surface area contributed by atoms with E-state index in [4.69, 9.17) is 13.9 Å². The molecule has 0 radical (unpaired) electrons. The first kappa shape index (κ1) is 19.7. The SMILES string of the molecule is CCc1nnc(-c2[nH]c(C)c(S(=O)(=O)Nc3cc(OC)cc(OC)c3)c2C)o1. The van der Waals surface area contributed by atoms with Crippen LogP contribution in [-0.2, 0) is 16.4 Å². The summed E-state index contributed by atoms with van der Waals surface area (Å²) in [4.78, 5) is 3.16. The zero-order valence-electron chi connectivity index (χ0n) is 16.3. The maximum atomic E-state index is 13.1. The number of nitrogens with one attached hydrogen (secondary N) is 2. The molecule has 0 unspecified atom stereocenters. The number of methoxy groups -OCH3 is 2. The molecule has 1 aromatic carbocycles. The maximum absolute atomic E-state index is 13.1. The Morgan fingerprint density at radius 1 is 1.11 bits per heavy atom. The molecular formula is C18H22N4O5S. The minimum Gasteiger partial charge on any atom is -0.497 e. The zero-order chi connectivity index (χ0) is 20.5. The summed E-state index contributed by atoms with van der Waals surface area (Å²) in [6.07, 6.45) is 0.593. The lowest BCUT2D eigenvalue weighted by atomic mass is 10.2. The highest BCUT2D eigenvalue weighted by Gasteiger charge is 2.27. The van der Waals surface area contributed by atoms with Gasteiger partial charge in [-0.05, 0) is 13.8 Å². The summed E-state index contributed by atoms with van der Waals surface area (Å²) in [6, 6.07) is 4.80. The second-order valence-electron chi connectivity index (χ2n) is 6.14. The Morgan fingerprint density at radius 2 is 1.75 bits per heavy atom. The van der Waals surface area contributed by atoms with Gasteiger partial charge >= 0.3 is 0 Å². The van der Waals surface area contributed by atoms with Crippen LogP contribution < -0.4 is 14.2 Å². The Kier molecular flexibility index (Phi) is 5.32. The Labute approximate surface area is 163 Å². The molecule has 0 amide bonds. The number of H-pyrrole nitrogens is 1. The van der Waals surface area contributed by atoms with Crippen LogP contribution >= 0.6 is 0 Å². The van der Waals surface area contributed by atoms with Crippen molar-refractivity contribution in [1.29, 1.82) is 0 Å². The van der Waals surface area contributed by atoms with Gasteiger partial charge in [-0.3, -0.25) is 4.72 Å². The molecule has 0 bridgehead atoms. The molecule has 0 aliphatic heterocycles. The summed E-state index contributed by atoms with van der Waals surface area (Å²) in [5.74, 6) is 1.67. The van der Waals surface area contributed by atoms with Crippen LogP contribution in [0.1, 0.15) is 24.1 Å². The van der Waals surface area contributed by atoms with E-state index in [1.807, 2.05) is 6.92 Å². The van der Waals surface area contributed by atoms with Gasteiger partial charge in [-0.1, -0.05) is 6.92 Å². The Hall–Kier alpha value is -3.01. The average Bonchev–Trinajstić information content (AvgIpc) is 3.24. The van der Waals surface area contributed by atoms with Crippen molar-refractivity contribution >= 4 is 15.7 Å². The summed E-state index contributed by atoms with van der Waals surface area (Å²) in [5, 5.41) is 7.92. The molecule has 3 aromatic rings. The number of anilines is 1. The summed E-state index contributed by atoms with van der Waals surface area (Å²) in [7, 11) is -0.903. The quantitative estimate of drug-likeness (QED) is 0.619. The Morgan fingerprint density at radius 3 is 2.29 bits per heavy atom. The molecule has 0 saturated carbocycles. The molecule has 0 spiro atoms. The lowest BCUT2D eigenvalue weighted by Gasteiger charge is -2.12. The number of rotatable bonds is 7. The fourth-order valence-electron chi connectivity index (χ4n) is 2.92. The van der Waals surface area contributed by atoms with Crippen molar-refractivity contribution in [3.63, 3.8) is 0 Å². The molecule has 10 heteroatoms. The zero-order valence-corrected chi connectivity index (χ0v) is 17.1. The second-order valence-corrected chi connectivity index (χ2v) is 7.76. The van der Waals surface area contributed by atoms with E-state index in [0.717, 1.165) is 0 Å². The lowest BCUT2D eigenvalue weighted by molar-refractivity contribution is 0.395. The normalized spacial score (nSPS) is 11.5. The van der Waals surface area contributed by atoms with Crippen LogP contribution in [0.15, 0.2) is 27.5 Å². The van der Waals surface area contributed by atoms with Crippen LogP contribution in [0.4, 0.5) is 5.69 Å². The van der Waals surface area contributed by atoms with E-state index in [1.54, 1.807) is 32.0 Å². The van der Waals surface area contributed by atoms with Gasteiger partial charge in [0, 0.05) is 35.9 Å². The van der Waals surface area contributed by atoms with Crippen LogP contribution in [0.25, 0.3) is 11.6 Å². The monoisotopic (exact) mass is 406 g/mol. The van der Waals surface area contributed by atoms with Crippen molar-refractivity contribution in [3.05, 3.63) is 35.3 Å². The molecule has 2 N–H and O–H groups in total. The highest BCUT2D eigenvalue weighted by Crippen LogP contribution is 2.32. The highest BCUT2D eigenvalue weighted by atomic mass is 32.2. The minimum absolute atomic E-state index is 0.125. The van der Waals surface area contributed by atoms with Crippen LogP contribution in [0.5, 0.6) is 11.5 Å². The van der Waals surface area contributed by atoms with Gasteiger partial charge < -0.3 is 18.9 Å². The lowest BCUT2D eigenvalue weighted by Crippen LogP contribution is -2.14. The van der Waals surface area contributed by atoms with Crippen LogP contribution in [0.3, 0.4) is 0 Å². The van der Waals surface area contributed by atoms with Crippen LogP contribution in [0, 0.1) is 13.8 Å². The predicted octanol–water partition coefficient (Wildman–Crippen LogP) is 3.06. The maximum Gasteiger partial charge on any atom is 0.264 e. The number of hydrogen-bond acceptors (Lipinski definition) is 7. The first-order valence-electron chi connectivity index (χ1n) is 8.56. The van der Waals surface area contributed by atoms with Crippen molar-refractivity contribution in [3.8, 4) is 23.1 Å². The van der Waals surface area contributed by atoms with Gasteiger partial charge in [0.15, 0.2) is 0 Å². The number of hydrogen-bond donors (Lipinski definition) is 2. The Bertz CT molecular complexity index is 1080. The number of ether oxygens (including phenoxy) is 2. The van der Waals surface area contributed by atoms with Crippen LogP contribution in [-0.4, -0.2) is 37.8 Å². The van der Waals surface area contributed by atoms with Crippen molar-refractivity contribution in [2.45, 2.75) is 32.1 Å². The standard InChI is InChI=1S/C18H22N4O5S/c1-6-15-20-21-18(27-15)16-10(2)17(11(3)19-16)28(23,24)22-12-7-13(25-4)9-14(8-12)26-5/h7-9,19,22H,6H2,1-5H3. The number of nitrogens with zero attached hydrogens (tertiary/aromatic N) is 2. The van der Waals surface area contributed by atoms with E-state index in [0.29, 0.717) is 46.4 Å². The molecule has 0 aliphatic rings. The number of aromatic nitrogens is 3. The molecule has 0 fully saturated rings. The van der Waals surface area contributed by atoms with Gasteiger partial charge in [0.1, 0.15) is 22.1 Å². The highest BCUT2D eigenvalue weighted by molar-refractivity contribution is 7.92. The summed E-state index contributed by atoms with van der Waals surface area (Å²) < 4.78 is 44.7. The molecule has 9 nitrogen and oxygen atoms in total. The van der Waals surface area contributed by atoms with E-state index in [1.165, 1.54) is 14.2 Å². The third-order valence-corrected chi connectivity index (χ3v) is 5.88. The molecular weight excluding hydrogens is 384 g/mol. The third-order valence-electron chi connectivity index (χ3n) is 4.22. The van der Waals surface area contributed by atoms with E-state index in [2.05, 4.69) is 19.9 Å². The smallest absolute Gasteiger partial charge is 0.264 e. The number of aromatic amines is 1. The van der Waals surface area contributed by atoms with Gasteiger partial charge in [-0.15, -0.1) is 10.2 Å². The molecule has 0 saturated heterocycles. The molecule has 28 heavy (non-hydrogen) atoms. The fourth-order valence-corrected chi connectivity index (χ4v) is 4.41. The van der Waals surface area contributed by atoms with Gasteiger partial charge in [-0.2, -0.15) is 0 Å². The van der Waals surface area contributed by atoms with Crippen LogP contribution in [0.2, 0.25) is 0 Å². The molecule has 0 aliphatic carbocycles. The number of aryl methyl sites for hydroxylation is 2. The van der Waals surface area contributed by atoms with E-state index in [9.17, 15) is 8.42 Å². The third kappa shape index (κ3) is 3.68. The van der Waals surface area contributed by atoms with Gasteiger partial charge in [0.2, 0.25) is 5.89 Å². The molecule has 0 atom stereocenters. The van der Waals surface area contributed by atoms with Crippen molar-refractivity contribution in [1.82, 2.24) is 15.2 Å². The van der Waals surface area contributed by atoms with E-state index < -0.39 is 10.0 Å². The second kappa shape index (κ2) is 7.55. The number of benzene rings is 1. The summed E-state index contributed by atoms with van der Waals surface area (Å²) in [6.45, 7) is 5.26. The van der Waals surface area contributed by atoms with Crippen molar-refractivity contribution < 1.29 is 22.3 Å². The van der Waals surface area contributed by atoms with Crippen molar-refractivity contribution in [2.24, 2.45) is 0 Å². The van der Waals surface area contributed by atoms with Gasteiger partial charge in [-0.25, -0.2) is 8.42 Å². The number of sulfonamides is 1. The molecule has 150 valence electrons. The topological polar surface area (TPSA) is 119 Å².